The molecule has 0 saturated carbocycles. The average molecular weight is 218 g/mol. The van der Waals surface area contributed by atoms with E-state index < -0.39 is 6.00 Å². The molecule has 0 spiro atoms. The van der Waals surface area contributed by atoms with Gasteiger partial charge in [0.1, 0.15) is 0 Å². The lowest BCUT2D eigenvalue weighted by molar-refractivity contribution is 0.366. The summed E-state index contributed by atoms with van der Waals surface area (Å²) < 4.78 is 12.8. The molecule has 68 valence electrons. The van der Waals surface area contributed by atoms with Crippen LogP contribution in [0.4, 0.5) is 0 Å². The van der Waals surface area contributed by atoms with E-state index in [-0.39, 0.29) is 6.04 Å². The maximum Gasteiger partial charge on any atom is 0.322 e. The van der Waals surface area contributed by atoms with E-state index in [1.54, 1.807) is 4.67 Å². The Morgan fingerprint density at radius 3 is 2.00 bits per heavy atom. The number of rotatable bonds is 4. The second kappa shape index (κ2) is 4.71. The Hall–Kier alpha value is 0.770. The van der Waals surface area contributed by atoms with Crippen LogP contribution in [0.1, 0.15) is 27.2 Å². The van der Waals surface area contributed by atoms with Crippen molar-refractivity contribution in [1.82, 2.24) is 4.67 Å². The van der Waals surface area contributed by atoms with E-state index >= 15 is 0 Å². The Morgan fingerprint density at radius 1 is 1.45 bits per heavy atom. The van der Waals surface area contributed by atoms with Gasteiger partial charge in [-0.25, -0.2) is 4.67 Å². The van der Waals surface area contributed by atoms with Gasteiger partial charge in [0.25, 0.3) is 0 Å². The fraction of sp³-hybridized carbons (Fsp3) is 1.00. The largest absolute Gasteiger partial charge is 0.322 e. The van der Waals surface area contributed by atoms with E-state index in [2.05, 4.69) is 0 Å². The first kappa shape index (κ1) is 11.8. The minimum atomic E-state index is -3.07. The summed E-state index contributed by atoms with van der Waals surface area (Å²) in [6.07, 6.45) is 0.904. The molecule has 0 fully saturated rings. The molecule has 0 amide bonds. The van der Waals surface area contributed by atoms with E-state index in [1.807, 2.05) is 20.8 Å². The highest BCUT2D eigenvalue weighted by atomic mass is 35.9. The van der Waals surface area contributed by atoms with Gasteiger partial charge in [0.05, 0.1) is 0 Å². The third kappa shape index (κ3) is 4.37. The zero-order chi connectivity index (χ0) is 9.07. The van der Waals surface area contributed by atoms with Crippen LogP contribution in [0.25, 0.3) is 0 Å². The fourth-order valence-electron chi connectivity index (χ4n) is 0.873. The zero-order valence-electron chi connectivity index (χ0n) is 7.05. The Kier molecular flexibility index (Phi) is 5.04. The smallest absolute Gasteiger partial charge is 0.271 e. The summed E-state index contributed by atoms with van der Waals surface area (Å²) in [4.78, 5) is 0. The van der Waals surface area contributed by atoms with Gasteiger partial charge < -0.3 is 0 Å². The average Bonchev–Trinajstić information content (AvgIpc) is 1.79. The molecule has 2 nitrogen and oxygen atoms in total. The van der Waals surface area contributed by atoms with Gasteiger partial charge in [0.2, 0.25) is 0 Å². The maximum atomic E-state index is 11.2. The number of halogens is 2. The van der Waals surface area contributed by atoms with Gasteiger partial charge in [0, 0.05) is 12.6 Å². The van der Waals surface area contributed by atoms with Crippen LogP contribution in [0, 0.1) is 0 Å². The monoisotopic (exact) mass is 217 g/mol. The van der Waals surface area contributed by atoms with Crippen molar-refractivity contribution in [3.63, 3.8) is 0 Å². The lowest BCUT2D eigenvalue weighted by atomic mass is 10.4. The Labute approximate surface area is 77.9 Å². The maximum absolute atomic E-state index is 11.2. The molecule has 0 aliphatic carbocycles. The molecule has 0 atom stereocenters. The van der Waals surface area contributed by atoms with Crippen LogP contribution in [0.5, 0.6) is 0 Å². The molecule has 0 rings (SSSR count). The first-order valence-electron chi connectivity index (χ1n) is 3.66. The first-order chi connectivity index (χ1) is 4.89. The van der Waals surface area contributed by atoms with E-state index in [0.29, 0.717) is 6.54 Å². The molecule has 0 aromatic rings. The van der Waals surface area contributed by atoms with Crippen molar-refractivity contribution in [3.8, 4) is 0 Å². The second-order valence-electron chi connectivity index (χ2n) is 2.69. The van der Waals surface area contributed by atoms with Crippen LogP contribution in [0.2, 0.25) is 0 Å². The van der Waals surface area contributed by atoms with E-state index in [1.165, 1.54) is 0 Å². The van der Waals surface area contributed by atoms with Crippen molar-refractivity contribution >= 4 is 28.5 Å². The molecule has 0 aromatic carbocycles. The fourth-order valence-corrected chi connectivity index (χ4v) is 3.34. The predicted molar refractivity (Wildman–Crippen MR) is 51.4 cm³/mol. The van der Waals surface area contributed by atoms with Gasteiger partial charge in [-0.15, -0.1) is 0 Å². The summed E-state index contributed by atoms with van der Waals surface area (Å²) in [6.45, 7) is 6.53. The molecule has 0 saturated heterocycles. The van der Waals surface area contributed by atoms with Crippen molar-refractivity contribution in [2.24, 2.45) is 0 Å². The van der Waals surface area contributed by atoms with E-state index in [9.17, 15) is 4.57 Å². The quantitative estimate of drug-likeness (QED) is 0.670. The van der Waals surface area contributed by atoms with Crippen LogP contribution in [0.15, 0.2) is 0 Å². The molecule has 5 heteroatoms. The van der Waals surface area contributed by atoms with Crippen LogP contribution in [0.3, 0.4) is 0 Å². The first-order valence-corrected chi connectivity index (χ1v) is 7.13. The van der Waals surface area contributed by atoms with Crippen molar-refractivity contribution in [3.05, 3.63) is 0 Å². The summed E-state index contributed by atoms with van der Waals surface area (Å²) in [5, 5.41) is 0. The highest BCUT2D eigenvalue weighted by Gasteiger charge is 2.26. The second-order valence-corrected chi connectivity index (χ2v) is 7.34. The molecule has 0 heterocycles. The molecule has 0 bridgehead atoms. The van der Waals surface area contributed by atoms with Crippen molar-refractivity contribution < 1.29 is 4.57 Å². The summed E-state index contributed by atoms with van der Waals surface area (Å²) in [6, 6.07) is 0.135. The third-order valence-electron chi connectivity index (χ3n) is 1.35. The molecule has 0 radical (unpaired) electrons. The lowest BCUT2D eigenvalue weighted by Crippen LogP contribution is -2.25. The molecule has 0 aromatic heterocycles. The van der Waals surface area contributed by atoms with Crippen molar-refractivity contribution in [2.75, 3.05) is 6.54 Å². The minimum absolute atomic E-state index is 0.135. The van der Waals surface area contributed by atoms with Crippen LogP contribution >= 0.6 is 28.5 Å². The number of nitrogens with zero attached hydrogens (tertiary/aromatic N) is 1. The molecular weight excluding hydrogens is 204 g/mol. The molecule has 0 aliphatic heterocycles. The van der Waals surface area contributed by atoms with Crippen LogP contribution in [-0.2, 0) is 4.57 Å². The van der Waals surface area contributed by atoms with E-state index in [4.69, 9.17) is 22.5 Å². The van der Waals surface area contributed by atoms with Crippen molar-refractivity contribution in [2.45, 2.75) is 33.2 Å². The summed E-state index contributed by atoms with van der Waals surface area (Å²) in [5.74, 6) is -3.07. The number of hydrogen-bond donors (Lipinski definition) is 0. The Morgan fingerprint density at radius 2 is 1.91 bits per heavy atom. The van der Waals surface area contributed by atoms with E-state index in [0.717, 1.165) is 6.42 Å². The van der Waals surface area contributed by atoms with Gasteiger partial charge in [-0.1, -0.05) is 6.92 Å². The highest BCUT2D eigenvalue weighted by Crippen LogP contribution is 2.60. The lowest BCUT2D eigenvalue weighted by Gasteiger charge is -2.25. The molecule has 0 unspecified atom stereocenters. The Balaban J connectivity index is 4.23. The van der Waals surface area contributed by atoms with Crippen molar-refractivity contribution in [1.29, 1.82) is 0 Å². The van der Waals surface area contributed by atoms with Gasteiger partial charge in [-0.2, -0.15) is 0 Å². The normalized spacial score (nSPS) is 13.0. The third-order valence-corrected chi connectivity index (χ3v) is 3.77. The summed E-state index contributed by atoms with van der Waals surface area (Å²) >= 11 is 11.0. The molecular formula is C6H14Cl2NOP. The Bertz CT molecular complexity index is 157. The van der Waals surface area contributed by atoms with Crippen LogP contribution in [-0.4, -0.2) is 17.3 Å². The SMILES string of the molecule is CCCN(C(C)C)P(=O)(Cl)Cl. The van der Waals surface area contributed by atoms with Gasteiger partial charge in [0.15, 0.2) is 0 Å². The van der Waals surface area contributed by atoms with Gasteiger partial charge >= 0.3 is 6.00 Å². The topological polar surface area (TPSA) is 20.3 Å². The summed E-state index contributed by atoms with van der Waals surface area (Å²) in [7, 11) is 0. The zero-order valence-corrected chi connectivity index (χ0v) is 9.46. The van der Waals surface area contributed by atoms with Gasteiger partial charge in [-0.3, -0.25) is 4.57 Å². The molecule has 11 heavy (non-hydrogen) atoms. The molecule has 0 N–H and O–H groups in total. The van der Waals surface area contributed by atoms with Crippen LogP contribution < -0.4 is 0 Å². The summed E-state index contributed by atoms with van der Waals surface area (Å²) in [5.41, 5.74) is 0. The van der Waals surface area contributed by atoms with Gasteiger partial charge in [-0.05, 0) is 42.7 Å². The standard InChI is InChI=1S/C6H14Cl2NOP/c1-4-5-9(6(2)3)11(7,8)10/h6H,4-5H2,1-3H3. The molecule has 0 aliphatic rings. The minimum Gasteiger partial charge on any atom is -0.271 e. The highest BCUT2D eigenvalue weighted by molar-refractivity contribution is 8.06. The number of hydrogen-bond acceptors (Lipinski definition) is 1. The predicted octanol–water partition coefficient (Wildman–Crippen LogP) is 3.69.